The number of aromatic nitrogens is 2. The van der Waals surface area contributed by atoms with Crippen molar-refractivity contribution < 1.29 is 0 Å². The number of unbranched alkanes of at least 4 members (excludes halogenated alkanes) is 2. The molecule has 1 unspecified atom stereocenters. The zero-order chi connectivity index (χ0) is 13.3. The van der Waals surface area contributed by atoms with Gasteiger partial charge in [-0.1, -0.05) is 58.3 Å². The quantitative estimate of drug-likeness (QED) is 0.599. The molecular formula is C17H30N2. The second-order valence-corrected chi connectivity index (χ2v) is 6.36. The van der Waals surface area contributed by atoms with E-state index in [1.165, 1.54) is 70.8 Å². The Morgan fingerprint density at radius 3 is 2.74 bits per heavy atom. The summed E-state index contributed by atoms with van der Waals surface area (Å²) in [5.74, 6) is 1.87. The van der Waals surface area contributed by atoms with Crippen LogP contribution in [0.3, 0.4) is 0 Å². The minimum absolute atomic E-state index is 0.865. The molecule has 0 aliphatic heterocycles. The number of imidazole rings is 1. The summed E-state index contributed by atoms with van der Waals surface area (Å²) in [5, 5.41) is 0. The number of hydrogen-bond acceptors (Lipinski definition) is 1. The predicted molar refractivity (Wildman–Crippen MR) is 81.1 cm³/mol. The highest BCUT2D eigenvalue weighted by Crippen LogP contribution is 2.31. The average Bonchev–Trinajstić information content (AvgIpc) is 2.93. The average molecular weight is 262 g/mol. The lowest BCUT2D eigenvalue weighted by molar-refractivity contribution is 0.256. The van der Waals surface area contributed by atoms with Crippen LogP contribution in [-0.2, 0) is 6.54 Å². The maximum absolute atomic E-state index is 4.18. The standard InChI is InChI=1S/C17H30N2/c1-2-3-5-10-17(14-19-12-11-18-15-19)13-16-8-6-4-7-9-16/h11-12,15-17H,2-10,13-14H2,1H3. The summed E-state index contributed by atoms with van der Waals surface area (Å²) in [6.45, 7) is 3.48. The van der Waals surface area contributed by atoms with Gasteiger partial charge in [0.05, 0.1) is 6.33 Å². The molecule has 2 rings (SSSR count). The van der Waals surface area contributed by atoms with Gasteiger partial charge in [0.1, 0.15) is 0 Å². The van der Waals surface area contributed by atoms with Gasteiger partial charge < -0.3 is 4.57 Å². The maximum Gasteiger partial charge on any atom is 0.0945 e. The Balaban J connectivity index is 1.81. The molecule has 1 aliphatic rings. The Labute approximate surface area is 118 Å². The van der Waals surface area contributed by atoms with E-state index in [9.17, 15) is 0 Å². The minimum atomic E-state index is 0.865. The van der Waals surface area contributed by atoms with Gasteiger partial charge in [-0.25, -0.2) is 4.98 Å². The molecule has 0 radical (unpaired) electrons. The van der Waals surface area contributed by atoms with Crippen LogP contribution in [0.2, 0.25) is 0 Å². The van der Waals surface area contributed by atoms with Crippen molar-refractivity contribution in [2.75, 3.05) is 0 Å². The first-order valence-electron chi connectivity index (χ1n) is 8.34. The van der Waals surface area contributed by atoms with Crippen molar-refractivity contribution in [1.82, 2.24) is 9.55 Å². The molecule has 1 aromatic rings. The van der Waals surface area contributed by atoms with Crippen LogP contribution in [0.15, 0.2) is 18.7 Å². The van der Waals surface area contributed by atoms with Gasteiger partial charge in [0.2, 0.25) is 0 Å². The molecule has 1 fully saturated rings. The van der Waals surface area contributed by atoms with Crippen LogP contribution in [0.5, 0.6) is 0 Å². The zero-order valence-electron chi connectivity index (χ0n) is 12.6. The molecule has 0 saturated heterocycles. The summed E-state index contributed by atoms with van der Waals surface area (Å²) in [6, 6.07) is 0. The van der Waals surface area contributed by atoms with Gasteiger partial charge in [0.15, 0.2) is 0 Å². The first-order valence-corrected chi connectivity index (χ1v) is 8.34. The lowest BCUT2D eigenvalue weighted by Gasteiger charge is -2.27. The Bertz CT molecular complexity index is 312. The van der Waals surface area contributed by atoms with Gasteiger partial charge in [-0.2, -0.15) is 0 Å². The monoisotopic (exact) mass is 262 g/mol. The molecule has 108 valence electrons. The van der Waals surface area contributed by atoms with Crippen molar-refractivity contribution in [3.05, 3.63) is 18.7 Å². The topological polar surface area (TPSA) is 17.8 Å². The predicted octanol–water partition coefficient (Wildman–Crippen LogP) is 5.05. The third-order valence-electron chi connectivity index (χ3n) is 4.64. The van der Waals surface area contributed by atoms with Gasteiger partial charge in [-0.3, -0.25) is 0 Å². The van der Waals surface area contributed by atoms with Gasteiger partial charge in [0.25, 0.3) is 0 Å². The van der Waals surface area contributed by atoms with E-state index in [-0.39, 0.29) is 0 Å². The third-order valence-corrected chi connectivity index (χ3v) is 4.64. The summed E-state index contributed by atoms with van der Waals surface area (Å²) >= 11 is 0. The van der Waals surface area contributed by atoms with E-state index in [2.05, 4.69) is 22.7 Å². The highest BCUT2D eigenvalue weighted by atomic mass is 15.0. The molecular weight excluding hydrogens is 232 g/mol. The SMILES string of the molecule is CCCCCC(CC1CCCCC1)Cn1ccnc1. The second kappa shape index (κ2) is 8.39. The molecule has 0 N–H and O–H groups in total. The molecule has 0 aromatic carbocycles. The van der Waals surface area contributed by atoms with Crippen LogP contribution in [0.25, 0.3) is 0 Å². The molecule has 0 bridgehead atoms. The molecule has 1 atom stereocenters. The summed E-state index contributed by atoms with van der Waals surface area (Å²) in [4.78, 5) is 4.18. The molecule has 2 heteroatoms. The number of nitrogens with zero attached hydrogens (tertiary/aromatic N) is 2. The van der Waals surface area contributed by atoms with E-state index in [4.69, 9.17) is 0 Å². The molecule has 2 nitrogen and oxygen atoms in total. The van der Waals surface area contributed by atoms with Crippen molar-refractivity contribution >= 4 is 0 Å². The fourth-order valence-electron chi connectivity index (χ4n) is 3.55. The second-order valence-electron chi connectivity index (χ2n) is 6.36. The molecule has 0 amide bonds. The fourth-order valence-corrected chi connectivity index (χ4v) is 3.55. The molecule has 1 aliphatic carbocycles. The summed E-state index contributed by atoms with van der Waals surface area (Å²) in [7, 11) is 0. The first-order chi connectivity index (χ1) is 9.38. The summed E-state index contributed by atoms with van der Waals surface area (Å²) in [5.41, 5.74) is 0. The summed E-state index contributed by atoms with van der Waals surface area (Å²) < 4.78 is 2.28. The van der Waals surface area contributed by atoms with Crippen molar-refractivity contribution in [3.8, 4) is 0 Å². The fraction of sp³-hybridized carbons (Fsp3) is 0.824. The van der Waals surface area contributed by atoms with E-state index in [1.54, 1.807) is 0 Å². The minimum Gasteiger partial charge on any atom is -0.337 e. The van der Waals surface area contributed by atoms with Crippen LogP contribution < -0.4 is 0 Å². The highest BCUT2D eigenvalue weighted by molar-refractivity contribution is 4.77. The van der Waals surface area contributed by atoms with E-state index in [1.807, 2.05) is 12.5 Å². The van der Waals surface area contributed by atoms with Crippen molar-refractivity contribution in [2.45, 2.75) is 77.7 Å². The Morgan fingerprint density at radius 1 is 1.21 bits per heavy atom. The first kappa shape index (κ1) is 14.6. The van der Waals surface area contributed by atoms with Gasteiger partial charge >= 0.3 is 0 Å². The normalized spacial score (nSPS) is 18.6. The molecule has 1 aromatic heterocycles. The van der Waals surface area contributed by atoms with Crippen molar-refractivity contribution in [2.24, 2.45) is 11.8 Å². The largest absolute Gasteiger partial charge is 0.337 e. The number of rotatable bonds is 8. The van der Waals surface area contributed by atoms with Crippen LogP contribution in [0.1, 0.15) is 71.1 Å². The van der Waals surface area contributed by atoms with Crippen LogP contribution in [-0.4, -0.2) is 9.55 Å². The Kier molecular flexibility index (Phi) is 6.46. The van der Waals surface area contributed by atoms with Crippen molar-refractivity contribution in [1.29, 1.82) is 0 Å². The van der Waals surface area contributed by atoms with E-state index < -0.39 is 0 Å². The van der Waals surface area contributed by atoms with Crippen molar-refractivity contribution in [3.63, 3.8) is 0 Å². The highest BCUT2D eigenvalue weighted by Gasteiger charge is 2.19. The van der Waals surface area contributed by atoms with Crippen LogP contribution in [0, 0.1) is 11.8 Å². The van der Waals surface area contributed by atoms with Gasteiger partial charge in [-0.15, -0.1) is 0 Å². The smallest absolute Gasteiger partial charge is 0.0945 e. The van der Waals surface area contributed by atoms with Crippen LogP contribution in [0.4, 0.5) is 0 Å². The summed E-state index contributed by atoms with van der Waals surface area (Å²) in [6.07, 6.45) is 20.4. The van der Waals surface area contributed by atoms with Crippen LogP contribution >= 0.6 is 0 Å². The van der Waals surface area contributed by atoms with Gasteiger partial charge in [-0.05, 0) is 24.7 Å². The lowest BCUT2D eigenvalue weighted by Crippen LogP contribution is -2.16. The maximum atomic E-state index is 4.18. The third kappa shape index (κ3) is 5.38. The zero-order valence-corrected chi connectivity index (χ0v) is 12.6. The van der Waals surface area contributed by atoms with E-state index in [0.717, 1.165) is 11.8 Å². The Hall–Kier alpha value is -0.790. The number of hydrogen-bond donors (Lipinski definition) is 0. The van der Waals surface area contributed by atoms with Gasteiger partial charge in [0, 0.05) is 18.9 Å². The molecule has 19 heavy (non-hydrogen) atoms. The van der Waals surface area contributed by atoms with E-state index >= 15 is 0 Å². The molecule has 1 heterocycles. The lowest BCUT2D eigenvalue weighted by atomic mass is 9.81. The van der Waals surface area contributed by atoms with E-state index in [0.29, 0.717) is 0 Å². The Morgan fingerprint density at radius 2 is 2.05 bits per heavy atom. The molecule has 0 spiro atoms. The molecule has 1 saturated carbocycles.